The predicted octanol–water partition coefficient (Wildman–Crippen LogP) is 1.62. The molecular weight excluding hydrogens is 332 g/mol. The van der Waals surface area contributed by atoms with Crippen LogP contribution < -0.4 is 10.9 Å². The Bertz CT molecular complexity index is 1120. The van der Waals surface area contributed by atoms with E-state index >= 15 is 0 Å². The van der Waals surface area contributed by atoms with E-state index in [9.17, 15) is 9.59 Å². The molecule has 2 aromatic heterocycles. The minimum Gasteiger partial charge on any atom is -0.325 e. The molecule has 0 atom stereocenters. The van der Waals surface area contributed by atoms with E-state index in [1.165, 1.54) is 17.1 Å². The van der Waals surface area contributed by atoms with Gasteiger partial charge in [0, 0.05) is 5.69 Å². The van der Waals surface area contributed by atoms with E-state index in [4.69, 9.17) is 0 Å². The van der Waals surface area contributed by atoms with Crippen LogP contribution in [0.5, 0.6) is 0 Å². The standard InChI is InChI=1S/C18H14N6O2/c25-17(10-23-16-4-2-1-3-15(16)20-9-18(23)26)22-13-5-7-14(8-6-13)24-12-19-11-21-24/h1-9,11-12H,10H2,(H,22,25). The van der Waals surface area contributed by atoms with Gasteiger partial charge < -0.3 is 5.32 Å². The molecule has 128 valence electrons. The van der Waals surface area contributed by atoms with Crippen molar-refractivity contribution in [1.29, 1.82) is 0 Å². The second-order valence-corrected chi connectivity index (χ2v) is 5.61. The molecule has 0 radical (unpaired) electrons. The Balaban J connectivity index is 1.53. The van der Waals surface area contributed by atoms with Crippen molar-refractivity contribution in [2.24, 2.45) is 0 Å². The zero-order valence-corrected chi connectivity index (χ0v) is 13.6. The monoisotopic (exact) mass is 346 g/mol. The first kappa shape index (κ1) is 15.7. The van der Waals surface area contributed by atoms with E-state index in [0.717, 1.165) is 5.69 Å². The highest BCUT2D eigenvalue weighted by atomic mass is 16.2. The fourth-order valence-corrected chi connectivity index (χ4v) is 2.66. The number of hydrogen-bond acceptors (Lipinski definition) is 5. The molecule has 26 heavy (non-hydrogen) atoms. The van der Waals surface area contributed by atoms with Gasteiger partial charge in [-0.25, -0.2) is 14.6 Å². The molecule has 8 heteroatoms. The van der Waals surface area contributed by atoms with Crippen LogP contribution in [0.15, 0.2) is 72.2 Å². The fraction of sp³-hybridized carbons (Fsp3) is 0.0556. The largest absolute Gasteiger partial charge is 0.325 e. The van der Waals surface area contributed by atoms with Gasteiger partial charge >= 0.3 is 0 Å². The van der Waals surface area contributed by atoms with Crippen molar-refractivity contribution in [3.63, 3.8) is 0 Å². The van der Waals surface area contributed by atoms with Crippen LogP contribution >= 0.6 is 0 Å². The van der Waals surface area contributed by atoms with E-state index < -0.39 is 0 Å². The van der Waals surface area contributed by atoms with E-state index in [0.29, 0.717) is 16.7 Å². The molecule has 8 nitrogen and oxygen atoms in total. The highest BCUT2D eigenvalue weighted by Gasteiger charge is 2.09. The Hall–Kier alpha value is -3.81. The molecular formula is C18H14N6O2. The van der Waals surface area contributed by atoms with Gasteiger partial charge in [0.2, 0.25) is 5.91 Å². The molecule has 2 aromatic carbocycles. The van der Waals surface area contributed by atoms with Gasteiger partial charge in [0.1, 0.15) is 19.2 Å². The summed E-state index contributed by atoms with van der Waals surface area (Å²) in [6.45, 7) is -0.0906. The summed E-state index contributed by atoms with van der Waals surface area (Å²) >= 11 is 0. The zero-order chi connectivity index (χ0) is 17.9. The molecule has 0 aliphatic rings. The van der Waals surface area contributed by atoms with Gasteiger partial charge in [-0.05, 0) is 36.4 Å². The van der Waals surface area contributed by atoms with Crippen LogP contribution in [-0.2, 0) is 11.3 Å². The van der Waals surface area contributed by atoms with Gasteiger partial charge in [0.25, 0.3) is 5.56 Å². The summed E-state index contributed by atoms with van der Waals surface area (Å²) < 4.78 is 3.02. The summed E-state index contributed by atoms with van der Waals surface area (Å²) in [7, 11) is 0. The predicted molar refractivity (Wildman–Crippen MR) is 96.0 cm³/mol. The second-order valence-electron chi connectivity index (χ2n) is 5.61. The number of carbonyl (C=O) groups excluding carboxylic acids is 1. The number of rotatable bonds is 4. The van der Waals surface area contributed by atoms with E-state index in [1.54, 1.807) is 41.3 Å². The first-order valence-corrected chi connectivity index (χ1v) is 7.90. The number of carbonyl (C=O) groups is 1. The Kier molecular flexibility index (Phi) is 3.98. The van der Waals surface area contributed by atoms with Gasteiger partial charge in [-0.3, -0.25) is 14.2 Å². The molecule has 0 spiro atoms. The summed E-state index contributed by atoms with van der Waals surface area (Å²) in [6, 6.07) is 14.4. The smallest absolute Gasteiger partial charge is 0.269 e. The maximum atomic E-state index is 12.4. The number of anilines is 1. The SMILES string of the molecule is O=C(Cn1c(=O)cnc2ccccc21)Nc1ccc(-n2cncn2)cc1. The Morgan fingerprint density at radius 3 is 2.65 bits per heavy atom. The number of nitrogens with one attached hydrogen (secondary N) is 1. The quantitative estimate of drug-likeness (QED) is 0.606. The average molecular weight is 346 g/mol. The number of nitrogens with zero attached hydrogens (tertiary/aromatic N) is 5. The van der Waals surface area contributed by atoms with Gasteiger partial charge in [-0.2, -0.15) is 5.10 Å². The normalized spacial score (nSPS) is 10.8. The highest BCUT2D eigenvalue weighted by Crippen LogP contribution is 2.13. The van der Waals surface area contributed by atoms with Crippen molar-refractivity contribution in [2.75, 3.05) is 5.32 Å². The van der Waals surface area contributed by atoms with Crippen LogP contribution in [-0.4, -0.2) is 30.2 Å². The van der Waals surface area contributed by atoms with Crippen LogP contribution in [0.4, 0.5) is 5.69 Å². The Morgan fingerprint density at radius 2 is 1.88 bits per heavy atom. The lowest BCUT2D eigenvalue weighted by Crippen LogP contribution is -2.27. The lowest BCUT2D eigenvalue weighted by Gasteiger charge is -2.10. The third kappa shape index (κ3) is 3.07. The van der Waals surface area contributed by atoms with E-state index in [-0.39, 0.29) is 18.0 Å². The summed E-state index contributed by atoms with van der Waals surface area (Å²) in [4.78, 5) is 32.5. The van der Waals surface area contributed by atoms with Crippen LogP contribution in [0.3, 0.4) is 0 Å². The van der Waals surface area contributed by atoms with E-state index in [1.807, 2.05) is 18.2 Å². The average Bonchev–Trinajstić information content (AvgIpc) is 3.19. The number of aromatic nitrogens is 5. The third-order valence-electron chi connectivity index (χ3n) is 3.89. The number of para-hydroxylation sites is 2. The third-order valence-corrected chi connectivity index (χ3v) is 3.89. The summed E-state index contributed by atoms with van der Waals surface area (Å²) in [6.07, 6.45) is 4.27. The number of hydrogen-bond donors (Lipinski definition) is 1. The molecule has 0 aliphatic heterocycles. The molecule has 0 aliphatic carbocycles. The van der Waals surface area contributed by atoms with Gasteiger partial charge in [-0.1, -0.05) is 12.1 Å². The first-order valence-electron chi connectivity index (χ1n) is 7.90. The van der Waals surface area contributed by atoms with Crippen LogP contribution in [0.25, 0.3) is 16.7 Å². The molecule has 0 bridgehead atoms. The van der Waals surface area contributed by atoms with Crippen LogP contribution in [0, 0.1) is 0 Å². The second kappa shape index (κ2) is 6.60. The van der Waals surface area contributed by atoms with Crippen molar-refractivity contribution < 1.29 is 4.79 Å². The summed E-state index contributed by atoms with van der Waals surface area (Å²) in [5, 5.41) is 6.84. The molecule has 1 amide bonds. The lowest BCUT2D eigenvalue weighted by molar-refractivity contribution is -0.116. The molecule has 0 fully saturated rings. The van der Waals surface area contributed by atoms with Gasteiger partial charge in [0.15, 0.2) is 0 Å². The Morgan fingerprint density at radius 1 is 1.08 bits per heavy atom. The Labute approximate surface area is 147 Å². The first-order chi connectivity index (χ1) is 12.7. The van der Waals surface area contributed by atoms with Crippen molar-refractivity contribution in [2.45, 2.75) is 6.54 Å². The van der Waals surface area contributed by atoms with Crippen molar-refractivity contribution in [3.8, 4) is 5.69 Å². The summed E-state index contributed by atoms with van der Waals surface area (Å²) in [5.41, 5.74) is 2.43. The molecule has 0 unspecified atom stereocenters. The minimum absolute atomic E-state index is 0.0906. The maximum absolute atomic E-state index is 12.4. The zero-order valence-electron chi connectivity index (χ0n) is 13.6. The molecule has 2 heterocycles. The molecule has 0 saturated heterocycles. The lowest BCUT2D eigenvalue weighted by atomic mass is 10.2. The summed E-state index contributed by atoms with van der Waals surface area (Å²) in [5.74, 6) is -0.294. The molecule has 1 N–H and O–H groups in total. The molecule has 4 rings (SSSR count). The van der Waals surface area contributed by atoms with Crippen molar-refractivity contribution in [3.05, 3.63) is 77.7 Å². The van der Waals surface area contributed by atoms with Gasteiger partial charge in [-0.15, -0.1) is 0 Å². The number of amides is 1. The minimum atomic E-state index is -0.319. The van der Waals surface area contributed by atoms with E-state index in [2.05, 4.69) is 20.4 Å². The van der Waals surface area contributed by atoms with Crippen molar-refractivity contribution in [1.82, 2.24) is 24.3 Å². The molecule has 4 aromatic rings. The number of fused-ring (bicyclic) bond motifs is 1. The topological polar surface area (TPSA) is 94.7 Å². The number of benzene rings is 2. The fourth-order valence-electron chi connectivity index (χ4n) is 2.66. The molecule has 0 saturated carbocycles. The van der Waals surface area contributed by atoms with Gasteiger partial charge in [0.05, 0.1) is 22.9 Å². The van der Waals surface area contributed by atoms with Crippen LogP contribution in [0.1, 0.15) is 0 Å². The maximum Gasteiger partial charge on any atom is 0.269 e. The van der Waals surface area contributed by atoms with Crippen molar-refractivity contribution >= 4 is 22.6 Å². The van der Waals surface area contributed by atoms with Crippen LogP contribution in [0.2, 0.25) is 0 Å². The highest BCUT2D eigenvalue weighted by molar-refractivity contribution is 5.91.